The highest BCUT2D eigenvalue weighted by Gasteiger charge is 2.11. The molecule has 120 valence electrons. The molecular weight excluding hydrogens is 292 g/mol. The Hall–Kier alpha value is -2.76. The molecular formula is C17H20N4O2. The van der Waals surface area contributed by atoms with Gasteiger partial charge in [0.1, 0.15) is 0 Å². The van der Waals surface area contributed by atoms with Gasteiger partial charge in [-0.3, -0.25) is 10.1 Å². The number of benzene rings is 2. The first-order chi connectivity index (χ1) is 11.2. The van der Waals surface area contributed by atoms with Gasteiger partial charge in [-0.25, -0.2) is 0 Å². The third-order valence-corrected chi connectivity index (χ3v) is 3.58. The molecule has 2 rings (SSSR count). The lowest BCUT2D eigenvalue weighted by Gasteiger charge is -2.20. The Morgan fingerprint density at radius 1 is 1.04 bits per heavy atom. The van der Waals surface area contributed by atoms with E-state index in [2.05, 4.69) is 41.1 Å². The number of anilines is 1. The topological polar surface area (TPSA) is 71.1 Å². The Kier molecular flexibility index (Phi) is 5.80. The molecule has 2 aromatic rings. The summed E-state index contributed by atoms with van der Waals surface area (Å²) >= 11 is 0. The minimum absolute atomic E-state index is 0.0341. The quantitative estimate of drug-likeness (QED) is 0.421. The Morgan fingerprint density at radius 3 is 2.30 bits per heavy atom. The van der Waals surface area contributed by atoms with Gasteiger partial charge in [-0.15, -0.1) is 5.11 Å². The Balaban J connectivity index is 2.05. The lowest BCUT2D eigenvalue weighted by molar-refractivity contribution is -0.384. The molecule has 0 aromatic heterocycles. The molecule has 0 saturated carbocycles. The fourth-order valence-corrected chi connectivity index (χ4v) is 2.30. The third-order valence-electron chi connectivity index (χ3n) is 3.58. The molecule has 6 nitrogen and oxygen atoms in total. The van der Waals surface area contributed by atoms with Gasteiger partial charge in [0.2, 0.25) is 0 Å². The normalized spacial score (nSPS) is 10.9. The van der Waals surface area contributed by atoms with Crippen LogP contribution in [0, 0.1) is 10.1 Å². The van der Waals surface area contributed by atoms with Crippen molar-refractivity contribution in [3.63, 3.8) is 0 Å². The maximum absolute atomic E-state index is 10.9. The van der Waals surface area contributed by atoms with Crippen LogP contribution in [0.4, 0.5) is 17.1 Å². The summed E-state index contributed by atoms with van der Waals surface area (Å²) in [5, 5.41) is 19.0. The summed E-state index contributed by atoms with van der Waals surface area (Å²) in [5.74, 6) is 0. The van der Waals surface area contributed by atoms with Crippen LogP contribution in [0.15, 0.2) is 58.8 Å². The van der Waals surface area contributed by atoms with Gasteiger partial charge in [0, 0.05) is 24.8 Å². The smallest absolute Gasteiger partial charge is 0.296 e. The summed E-state index contributed by atoms with van der Waals surface area (Å²) in [6.45, 7) is 6.57. The van der Waals surface area contributed by atoms with Gasteiger partial charge < -0.3 is 4.90 Å². The molecule has 0 radical (unpaired) electrons. The molecule has 0 bridgehead atoms. The Bertz CT molecular complexity index is 679. The number of nitro benzene ring substituents is 1. The van der Waals surface area contributed by atoms with E-state index in [1.807, 2.05) is 12.1 Å². The highest BCUT2D eigenvalue weighted by molar-refractivity contribution is 5.56. The van der Waals surface area contributed by atoms with Crippen molar-refractivity contribution in [1.82, 2.24) is 0 Å². The molecule has 23 heavy (non-hydrogen) atoms. The number of hydrogen-bond acceptors (Lipinski definition) is 5. The summed E-state index contributed by atoms with van der Waals surface area (Å²) in [6, 6.07) is 14.5. The highest BCUT2D eigenvalue weighted by atomic mass is 16.6. The van der Waals surface area contributed by atoms with E-state index < -0.39 is 4.92 Å². The van der Waals surface area contributed by atoms with Crippen molar-refractivity contribution >= 4 is 17.1 Å². The van der Waals surface area contributed by atoms with Crippen LogP contribution >= 0.6 is 0 Å². The molecule has 0 amide bonds. The maximum Gasteiger partial charge on any atom is 0.296 e. The van der Waals surface area contributed by atoms with Crippen molar-refractivity contribution in [2.75, 3.05) is 18.0 Å². The molecule has 0 unspecified atom stereocenters. The molecule has 0 aliphatic rings. The van der Waals surface area contributed by atoms with E-state index in [-0.39, 0.29) is 11.4 Å². The van der Waals surface area contributed by atoms with E-state index in [4.69, 9.17) is 0 Å². The van der Waals surface area contributed by atoms with Crippen LogP contribution in [0.3, 0.4) is 0 Å². The number of rotatable bonds is 7. The molecule has 0 saturated heterocycles. The predicted molar refractivity (Wildman–Crippen MR) is 91.3 cm³/mol. The van der Waals surface area contributed by atoms with Gasteiger partial charge in [0.15, 0.2) is 5.69 Å². The fourth-order valence-electron chi connectivity index (χ4n) is 2.30. The maximum atomic E-state index is 10.9. The summed E-state index contributed by atoms with van der Waals surface area (Å²) in [4.78, 5) is 12.7. The van der Waals surface area contributed by atoms with E-state index in [0.717, 1.165) is 18.7 Å². The average molecular weight is 312 g/mol. The van der Waals surface area contributed by atoms with E-state index >= 15 is 0 Å². The summed E-state index contributed by atoms with van der Waals surface area (Å²) in [7, 11) is 0. The SMILES string of the molecule is CCN(CC)c1ccc(CN=Nc2ccccc2[N+](=O)[O-])cc1. The van der Waals surface area contributed by atoms with E-state index in [9.17, 15) is 10.1 Å². The number of azo groups is 1. The van der Waals surface area contributed by atoms with Crippen molar-refractivity contribution in [2.45, 2.75) is 20.4 Å². The van der Waals surface area contributed by atoms with Crippen LogP contribution < -0.4 is 4.90 Å². The van der Waals surface area contributed by atoms with Gasteiger partial charge in [-0.1, -0.05) is 24.3 Å². The lowest BCUT2D eigenvalue weighted by Crippen LogP contribution is -2.21. The first-order valence-corrected chi connectivity index (χ1v) is 7.60. The molecule has 2 aromatic carbocycles. The van der Waals surface area contributed by atoms with Crippen molar-refractivity contribution in [2.24, 2.45) is 10.2 Å². The monoisotopic (exact) mass is 312 g/mol. The van der Waals surface area contributed by atoms with Crippen LogP contribution in [0.2, 0.25) is 0 Å². The van der Waals surface area contributed by atoms with Crippen LogP contribution in [0.1, 0.15) is 19.4 Å². The molecule has 0 aliphatic heterocycles. The molecule has 0 spiro atoms. The second-order valence-corrected chi connectivity index (χ2v) is 4.98. The minimum atomic E-state index is -0.451. The first kappa shape index (κ1) is 16.6. The van der Waals surface area contributed by atoms with Gasteiger partial charge in [-0.2, -0.15) is 5.11 Å². The van der Waals surface area contributed by atoms with E-state index in [1.165, 1.54) is 11.8 Å². The first-order valence-electron chi connectivity index (χ1n) is 7.60. The number of nitrogens with zero attached hydrogens (tertiary/aromatic N) is 4. The largest absolute Gasteiger partial charge is 0.372 e. The Morgan fingerprint density at radius 2 is 1.70 bits per heavy atom. The molecule has 0 heterocycles. The van der Waals surface area contributed by atoms with Crippen LogP contribution in [-0.2, 0) is 6.54 Å². The highest BCUT2D eigenvalue weighted by Crippen LogP contribution is 2.26. The molecule has 0 atom stereocenters. The molecule has 0 N–H and O–H groups in total. The van der Waals surface area contributed by atoms with E-state index in [1.54, 1.807) is 18.2 Å². The number of nitro groups is 1. The standard InChI is InChI=1S/C17H20N4O2/c1-3-20(4-2)15-11-9-14(10-12-15)13-18-19-16-7-5-6-8-17(16)21(22)23/h5-12H,3-4,13H2,1-2H3. The summed E-state index contributed by atoms with van der Waals surface area (Å²) < 4.78 is 0. The van der Waals surface area contributed by atoms with Gasteiger partial charge in [0.05, 0.1) is 11.5 Å². The summed E-state index contributed by atoms with van der Waals surface area (Å²) in [5.41, 5.74) is 2.43. The average Bonchev–Trinajstić information content (AvgIpc) is 2.57. The second-order valence-electron chi connectivity index (χ2n) is 4.98. The number of hydrogen-bond donors (Lipinski definition) is 0. The molecule has 0 fully saturated rings. The summed E-state index contributed by atoms with van der Waals surface area (Å²) in [6.07, 6.45) is 0. The van der Waals surface area contributed by atoms with Crippen molar-refractivity contribution in [1.29, 1.82) is 0 Å². The second kappa shape index (κ2) is 8.03. The molecule has 0 aliphatic carbocycles. The Labute approximate surface area is 135 Å². The zero-order valence-corrected chi connectivity index (χ0v) is 13.3. The molecule has 6 heteroatoms. The van der Waals surface area contributed by atoms with Crippen LogP contribution in [0.25, 0.3) is 0 Å². The lowest BCUT2D eigenvalue weighted by atomic mass is 10.2. The number of para-hydroxylation sites is 1. The third kappa shape index (κ3) is 4.35. The van der Waals surface area contributed by atoms with Gasteiger partial charge in [-0.05, 0) is 37.6 Å². The van der Waals surface area contributed by atoms with Crippen molar-refractivity contribution in [3.8, 4) is 0 Å². The van der Waals surface area contributed by atoms with Gasteiger partial charge in [0.25, 0.3) is 5.69 Å². The van der Waals surface area contributed by atoms with Crippen LogP contribution in [-0.4, -0.2) is 18.0 Å². The van der Waals surface area contributed by atoms with Crippen molar-refractivity contribution in [3.05, 3.63) is 64.2 Å². The predicted octanol–water partition coefficient (Wildman–Crippen LogP) is 4.72. The van der Waals surface area contributed by atoms with Gasteiger partial charge >= 0.3 is 0 Å². The van der Waals surface area contributed by atoms with Crippen molar-refractivity contribution < 1.29 is 4.92 Å². The van der Waals surface area contributed by atoms with E-state index in [0.29, 0.717) is 6.54 Å². The minimum Gasteiger partial charge on any atom is -0.372 e. The zero-order chi connectivity index (χ0) is 16.7. The van der Waals surface area contributed by atoms with Crippen LogP contribution in [0.5, 0.6) is 0 Å². The zero-order valence-electron chi connectivity index (χ0n) is 13.3. The fraction of sp³-hybridized carbons (Fsp3) is 0.294.